The lowest BCUT2D eigenvalue weighted by Gasteiger charge is -2.10. The highest BCUT2D eigenvalue weighted by molar-refractivity contribution is 5.85. The van der Waals surface area contributed by atoms with Crippen LogP contribution in [0, 0.1) is 5.82 Å². The summed E-state index contributed by atoms with van der Waals surface area (Å²) < 4.78 is 18.6. The van der Waals surface area contributed by atoms with Crippen molar-refractivity contribution < 1.29 is 13.9 Å². The number of pyridine rings is 1. The fourth-order valence-corrected chi connectivity index (χ4v) is 2.65. The van der Waals surface area contributed by atoms with Crippen LogP contribution in [0.5, 0.6) is 11.6 Å². The van der Waals surface area contributed by atoms with Crippen molar-refractivity contribution in [2.75, 3.05) is 6.54 Å². The van der Waals surface area contributed by atoms with E-state index < -0.39 is 0 Å². The molecule has 2 aromatic rings. The minimum absolute atomic E-state index is 0. The van der Waals surface area contributed by atoms with E-state index in [1.54, 1.807) is 24.4 Å². The Labute approximate surface area is 164 Å². The number of halogens is 3. The first-order chi connectivity index (χ1) is 11.7. The molecule has 0 radical (unpaired) electrons. The summed E-state index contributed by atoms with van der Waals surface area (Å²) in [7, 11) is 0. The summed E-state index contributed by atoms with van der Waals surface area (Å²) in [6.07, 6.45) is 4.34. The van der Waals surface area contributed by atoms with Crippen LogP contribution < -0.4 is 15.4 Å². The van der Waals surface area contributed by atoms with Crippen LogP contribution in [0.1, 0.15) is 24.8 Å². The van der Waals surface area contributed by atoms with Crippen molar-refractivity contribution in [3.8, 4) is 11.6 Å². The average Bonchev–Trinajstić information content (AvgIpc) is 3.07. The molecule has 8 heteroatoms. The van der Waals surface area contributed by atoms with Gasteiger partial charge in [0.15, 0.2) is 0 Å². The second-order valence-corrected chi connectivity index (χ2v) is 5.84. The molecule has 26 heavy (non-hydrogen) atoms. The van der Waals surface area contributed by atoms with Crippen molar-refractivity contribution in [3.63, 3.8) is 0 Å². The van der Waals surface area contributed by atoms with E-state index in [1.807, 2.05) is 6.07 Å². The second-order valence-electron chi connectivity index (χ2n) is 5.84. The van der Waals surface area contributed by atoms with Gasteiger partial charge in [0.05, 0.1) is 0 Å². The van der Waals surface area contributed by atoms with Gasteiger partial charge in [0.25, 0.3) is 0 Å². The largest absolute Gasteiger partial charge is 0.439 e. The summed E-state index contributed by atoms with van der Waals surface area (Å²) in [5.41, 5.74) is 0.884. The number of hydrogen-bond acceptors (Lipinski definition) is 4. The number of rotatable bonds is 6. The fraction of sp³-hybridized carbons (Fsp3) is 0.333. The van der Waals surface area contributed by atoms with E-state index in [-0.39, 0.29) is 36.5 Å². The fourth-order valence-electron chi connectivity index (χ4n) is 2.65. The number of amides is 1. The Hall–Kier alpha value is -1.89. The van der Waals surface area contributed by atoms with Crippen LogP contribution in [-0.4, -0.2) is 23.5 Å². The predicted molar refractivity (Wildman–Crippen MR) is 103 cm³/mol. The lowest BCUT2D eigenvalue weighted by atomic mass is 10.1. The Morgan fingerprint density at radius 2 is 2.15 bits per heavy atom. The van der Waals surface area contributed by atoms with Crippen molar-refractivity contribution in [1.29, 1.82) is 0 Å². The molecule has 1 aliphatic heterocycles. The average molecular weight is 402 g/mol. The molecule has 1 amide bonds. The number of carbonyl (C=O) groups excluding carboxylic acids is 1. The topological polar surface area (TPSA) is 63.2 Å². The van der Waals surface area contributed by atoms with Gasteiger partial charge in [-0.3, -0.25) is 4.79 Å². The molecule has 0 spiro atoms. The van der Waals surface area contributed by atoms with Crippen LogP contribution in [0.3, 0.4) is 0 Å². The van der Waals surface area contributed by atoms with Gasteiger partial charge in [-0.05, 0) is 37.1 Å². The minimum Gasteiger partial charge on any atom is -0.439 e. The molecule has 2 N–H and O–H groups in total. The summed E-state index contributed by atoms with van der Waals surface area (Å²) in [5, 5.41) is 6.20. The summed E-state index contributed by atoms with van der Waals surface area (Å²) in [5.74, 6) is 0.455. The molecule has 1 saturated heterocycles. The molecule has 1 aromatic carbocycles. The molecule has 1 aromatic heterocycles. The van der Waals surface area contributed by atoms with Crippen LogP contribution in [-0.2, 0) is 11.3 Å². The smallest absolute Gasteiger partial charge is 0.221 e. The van der Waals surface area contributed by atoms with Crippen molar-refractivity contribution >= 4 is 30.7 Å². The van der Waals surface area contributed by atoms with Crippen molar-refractivity contribution in [2.24, 2.45) is 0 Å². The van der Waals surface area contributed by atoms with Crippen LogP contribution >= 0.6 is 24.8 Å². The molecule has 0 aliphatic carbocycles. The molecule has 0 saturated carbocycles. The minimum atomic E-state index is -0.358. The number of ether oxygens (including phenoxy) is 1. The maximum absolute atomic E-state index is 13.1. The van der Waals surface area contributed by atoms with Gasteiger partial charge in [0.2, 0.25) is 11.8 Å². The molecular formula is C18H22Cl2FN3O2. The van der Waals surface area contributed by atoms with E-state index in [4.69, 9.17) is 4.74 Å². The van der Waals surface area contributed by atoms with Gasteiger partial charge in [-0.25, -0.2) is 9.37 Å². The van der Waals surface area contributed by atoms with Gasteiger partial charge in [0.1, 0.15) is 11.6 Å². The molecule has 142 valence electrons. The quantitative estimate of drug-likeness (QED) is 0.775. The summed E-state index contributed by atoms with van der Waals surface area (Å²) in [4.78, 5) is 16.1. The summed E-state index contributed by atoms with van der Waals surface area (Å²) in [6, 6.07) is 9.72. The van der Waals surface area contributed by atoms with Crippen LogP contribution in [0.4, 0.5) is 4.39 Å². The normalized spacial score (nSPS) is 15.5. The van der Waals surface area contributed by atoms with Gasteiger partial charge in [0, 0.05) is 37.3 Å². The van der Waals surface area contributed by atoms with Gasteiger partial charge >= 0.3 is 0 Å². The molecule has 1 aliphatic rings. The summed E-state index contributed by atoms with van der Waals surface area (Å²) >= 11 is 0. The highest BCUT2D eigenvalue weighted by Crippen LogP contribution is 2.20. The zero-order valence-electron chi connectivity index (χ0n) is 14.1. The van der Waals surface area contributed by atoms with E-state index in [1.165, 1.54) is 12.1 Å². The predicted octanol–water partition coefficient (Wildman–Crippen LogP) is 3.61. The maximum atomic E-state index is 13.1. The van der Waals surface area contributed by atoms with Gasteiger partial charge in [-0.1, -0.05) is 12.1 Å². The Morgan fingerprint density at radius 1 is 1.31 bits per heavy atom. The van der Waals surface area contributed by atoms with Crippen molar-refractivity contribution in [2.45, 2.75) is 31.8 Å². The number of hydrogen-bond donors (Lipinski definition) is 2. The number of carbonyl (C=O) groups is 1. The Kier molecular flexibility index (Phi) is 9.34. The van der Waals surface area contributed by atoms with Crippen LogP contribution in [0.25, 0.3) is 0 Å². The van der Waals surface area contributed by atoms with Crippen molar-refractivity contribution in [3.05, 3.63) is 54.0 Å². The number of nitrogens with one attached hydrogen (secondary N) is 2. The first-order valence-corrected chi connectivity index (χ1v) is 8.07. The lowest BCUT2D eigenvalue weighted by Crippen LogP contribution is -2.31. The van der Waals surface area contributed by atoms with E-state index >= 15 is 0 Å². The third kappa shape index (κ3) is 6.78. The summed E-state index contributed by atoms with van der Waals surface area (Å²) in [6.45, 7) is 1.42. The molecule has 2 heterocycles. The Morgan fingerprint density at radius 3 is 2.81 bits per heavy atom. The number of nitrogens with zero attached hydrogens (tertiary/aromatic N) is 1. The maximum Gasteiger partial charge on any atom is 0.221 e. The van der Waals surface area contributed by atoms with Crippen LogP contribution in [0.2, 0.25) is 0 Å². The molecule has 1 fully saturated rings. The lowest BCUT2D eigenvalue weighted by molar-refractivity contribution is -0.121. The Bertz CT molecular complexity index is 695. The highest BCUT2D eigenvalue weighted by atomic mass is 35.5. The number of aromatic nitrogens is 1. The highest BCUT2D eigenvalue weighted by Gasteiger charge is 2.17. The van der Waals surface area contributed by atoms with Crippen molar-refractivity contribution in [1.82, 2.24) is 15.6 Å². The first kappa shape index (κ1) is 22.2. The van der Waals surface area contributed by atoms with E-state index in [0.717, 1.165) is 24.9 Å². The zero-order chi connectivity index (χ0) is 16.8. The molecule has 3 rings (SSSR count). The monoisotopic (exact) mass is 401 g/mol. The van der Waals surface area contributed by atoms with E-state index in [2.05, 4.69) is 15.6 Å². The van der Waals surface area contributed by atoms with Gasteiger partial charge in [-0.2, -0.15) is 0 Å². The van der Waals surface area contributed by atoms with Gasteiger partial charge < -0.3 is 15.4 Å². The third-order valence-electron chi connectivity index (χ3n) is 3.90. The molecule has 5 nitrogen and oxygen atoms in total. The molecule has 1 atom stereocenters. The van der Waals surface area contributed by atoms with E-state index in [0.29, 0.717) is 30.6 Å². The Balaban J connectivity index is 0.00000169. The zero-order valence-corrected chi connectivity index (χ0v) is 15.7. The van der Waals surface area contributed by atoms with E-state index in [9.17, 15) is 9.18 Å². The first-order valence-electron chi connectivity index (χ1n) is 8.07. The SMILES string of the molecule is Cl.Cl.O=C(CC1CCCN1)NCc1ccc(Oc2cccc(F)c2)nc1. The molecule has 1 unspecified atom stereocenters. The second kappa shape index (κ2) is 11.0. The standard InChI is InChI=1S/C18H20FN3O2.2ClH/c19-14-3-1-5-16(9-14)24-18-7-6-13(12-22-18)11-21-17(23)10-15-4-2-8-20-15;;/h1,3,5-7,9,12,15,20H,2,4,8,10-11H2,(H,21,23);2*1H. The van der Waals surface area contributed by atoms with Crippen LogP contribution in [0.15, 0.2) is 42.6 Å². The number of benzene rings is 1. The molecular weight excluding hydrogens is 380 g/mol. The molecule has 0 bridgehead atoms. The van der Waals surface area contributed by atoms with Gasteiger partial charge in [-0.15, -0.1) is 24.8 Å². The third-order valence-corrected chi connectivity index (χ3v) is 3.90.